The molecule has 6 aromatic rings. The van der Waals surface area contributed by atoms with Gasteiger partial charge in [0.05, 0.1) is 17.9 Å². The summed E-state index contributed by atoms with van der Waals surface area (Å²) in [6, 6.07) is 36.6. The number of anilines is 1. The van der Waals surface area contributed by atoms with Crippen LogP contribution < -0.4 is 20.3 Å². The molecule has 2 amide bonds. The van der Waals surface area contributed by atoms with E-state index in [-0.39, 0.29) is 30.2 Å². The number of aliphatic hydroxyl groups is 4. The molecule has 1 fully saturated rings. The predicted molar refractivity (Wildman–Crippen MR) is 333 cm³/mol. The Morgan fingerprint density at radius 1 is 0.711 bits per heavy atom. The predicted octanol–water partition coefficient (Wildman–Crippen LogP) is 11.5. The van der Waals surface area contributed by atoms with Crippen molar-refractivity contribution in [2.45, 2.75) is 148 Å². The first-order chi connectivity index (χ1) is 39.4. The van der Waals surface area contributed by atoms with Gasteiger partial charge in [0.25, 0.3) is 11.8 Å². The van der Waals surface area contributed by atoms with E-state index in [9.17, 15) is 34.8 Å². The van der Waals surface area contributed by atoms with Gasteiger partial charge in [0.15, 0.2) is 5.54 Å². The molecule has 0 aliphatic carbocycles. The average Bonchev–Trinajstić information content (AvgIpc) is 2.17. The summed E-state index contributed by atoms with van der Waals surface area (Å²) < 4.78 is 13.8. The van der Waals surface area contributed by atoms with E-state index in [1.165, 1.54) is 62.4 Å². The molecule has 438 valence electrons. The lowest BCUT2D eigenvalue weighted by Gasteiger charge is -2.39. The van der Waals surface area contributed by atoms with Crippen LogP contribution in [0.1, 0.15) is 142 Å². The Hall–Kier alpha value is -7.26. The van der Waals surface area contributed by atoms with Crippen molar-refractivity contribution in [3.8, 4) is 16.9 Å². The van der Waals surface area contributed by atoms with Gasteiger partial charge in [0.1, 0.15) is 43.0 Å². The highest BCUT2D eigenvalue weighted by Crippen LogP contribution is 2.51. The third kappa shape index (κ3) is 13.3. The zero-order valence-electron chi connectivity index (χ0n) is 48.6. The molecule has 0 saturated carbocycles. The zero-order chi connectivity index (χ0) is 58.3. The lowest BCUT2D eigenvalue weighted by Crippen LogP contribution is -2.60. The minimum atomic E-state index is -1.58. The molecule has 3 aliphatic rings. The van der Waals surface area contributed by atoms with E-state index >= 15 is 0 Å². The number of hydrogen-bond acceptors (Lipinski definition) is 10. The first-order valence-electron chi connectivity index (χ1n) is 29.2. The van der Waals surface area contributed by atoms with Crippen molar-refractivity contribution < 1.29 is 48.9 Å². The Morgan fingerprint density at radius 2 is 1.36 bits per heavy atom. The largest absolute Gasteiger partial charge is 0.462 e. The van der Waals surface area contributed by atoms with E-state index in [2.05, 4.69) is 158 Å². The Labute approximate surface area is 490 Å². The lowest BCUT2D eigenvalue weighted by atomic mass is 9.83. The van der Waals surface area contributed by atoms with Crippen LogP contribution in [0.25, 0.3) is 32.7 Å². The van der Waals surface area contributed by atoms with Gasteiger partial charge in [0.2, 0.25) is 12.0 Å². The fourth-order valence-electron chi connectivity index (χ4n) is 12.2. The maximum atomic E-state index is 13.5. The number of hydrogen-bond donors (Lipinski definition) is 6. The molecular weight excluding hydrogens is 1040 g/mol. The molecule has 0 radical (unpaired) electrons. The van der Waals surface area contributed by atoms with E-state index in [0.717, 1.165) is 57.9 Å². The zero-order valence-corrected chi connectivity index (χ0v) is 48.6. The van der Waals surface area contributed by atoms with E-state index in [1.807, 2.05) is 0 Å². The smallest absolute Gasteiger partial charge is 0.251 e. The normalized spacial score (nSPS) is 20.3. The summed E-state index contributed by atoms with van der Waals surface area (Å²) in [6.45, 7) is 11.8. The summed E-state index contributed by atoms with van der Waals surface area (Å²) in [6.07, 6.45) is 12.4. The molecule has 0 bridgehead atoms. The molecule has 0 aromatic heterocycles. The summed E-state index contributed by atoms with van der Waals surface area (Å²) >= 11 is 0. The highest BCUT2D eigenvalue weighted by molar-refractivity contribution is 6.11. The molecule has 83 heavy (non-hydrogen) atoms. The van der Waals surface area contributed by atoms with E-state index in [0.29, 0.717) is 58.7 Å². The Balaban J connectivity index is 0.00000900. The van der Waals surface area contributed by atoms with Crippen LogP contribution in [0.3, 0.4) is 0 Å². The van der Waals surface area contributed by atoms with Gasteiger partial charge in [-0.25, -0.2) is 4.58 Å². The number of fused-ring (bicyclic) bond motifs is 6. The number of rotatable bonds is 23. The number of unbranched alkanes of at least 4 members (excludes halogenated alkanes) is 6. The summed E-state index contributed by atoms with van der Waals surface area (Å²) in [4.78, 5) is 41.9. The number of Topliss-reactive ketones (excluding diaryl/α,β-unsaturated/α-hetero) is 1. The highest BCUT2D eigenvalue weighted by atomic mass is 16.7. The molecule has 1 saturated heterocycles. The molecule has 13 heteroatoms. The molecule has 5 atom stereocenters. The number of carbonyl (C=O) groups is 3. The molecule has 3 aliphatic heterocycles. The molecule has 13 nitrogen and oxygen atoms in total. The van der Waals surface area contributed by atoms with Crippen LogP contribution in [0, 0.1) is 6.92 Å². The summed E-state index contributed by atoms with van der Waals surface area (Å²) in [5.74, 6) is 0.00501. The van der Waals surface area contributed by atoms with Gasteiger partial charge in [-0.05, 0) is 113 Å². The minimum absolute atomic E-state index is 0. The minimum Gasteiger partial charge on any atom is -0.462 e. The number of amides is 2. The quantitative estimate of drug-likeness (QED) is 0.0205. The molecule has 0 spiro atoms. The molecule has 5 unspecified atom stereocenters. The molecule has 6 N–H and O–H groups in total. The second-order valence-electron chi connectivity index (χ2n) is 23.3. The van der Waals surface area contributed by atoms with Crippen molar-refractivity contribution in [1.29, 1.82) is 0 Å². The van der Waals surface area contributed by atoms with Crippen molar-refractivity contribution >= 4 is 50.5 Å². The molecular formula is C70H85N4O9+. The van der Waals surface area contributed by atoms with Crippen LogP contribution in [-0.4, -0.2) is 113 Å². The van der Waals surface area contributed by atoms with Crippen LogP contribution in [0.15, 0.2) is 145 Å². The maximum Gasteiger partial charge on any atom is 0.251 e. The van der Waals surface area contributed by atoms with Crippen molar-refractivity contribution in [1.82, 2.24) is 10.6 Å². The second kappa shape index (κ2) is 27.0. The van der Waals surface area contributed by atoms with Crippen molar-refractivity contribution in [3.63, 3.8) is 0 Å². The van der Waals surface area contributed by atoms with Gasteiger partial charge in [0, 0.05) is 86.1 Å². The summed E-state index contributed by atoms with van der Waals surface area (Å²) in [5, 5.41) is 51.1. The number of ketones is 1. The number of aryl methyl sites for hydroxylation is 1. The fraction of sp³-hybridized carbons (Fsp3) is 0.400. The lowest BCUT2D eigenvalue weighted by molar-refractivity contribution is -0.577. The summed E-state index contributed by atoms with van der Waals surface area (Å²) in [7, 11) is 3.72. The van der Waals surface area contributed by atoms with Gasteiger partial charge in [-0.3, -0.25) is 14.4 Å². The van der Waals surface area contributed by atoms with Gasteiger partial charge in [-0.1, -0.05) is 138 Å². The second-order valence-corrected chi connectivity index (χ2v) is 23.3. The molecule has 9 rings (SSSR count). The third-order valence-electron chi connectivity index (χ3n) is 17.1. The SMILES string of the molecule is C.CNC(=O)c1cc(C(=O)NCCCCCCCC(=O)CCCCCN2C(=CC=CC=CC3=[N+](C)C(C)(C)c4c3ccc3ccccc43)C(C)(C)c3ccc4ccccc4c32)cc(-c2ccc(OC3OC(CO)C(O)C(O)C3O)c(C)c2)c1. The topological polar surface area (TPSA) is 181 Å². The number of carbonyl (C=O) groups excluding carboxylic acids is 3. The summed E-state index contributed by atoms with van der Waals surface area (Å²) in [5.41, 5.74) is 10.0. The van der Waals surface area contributed by atoms with Gasteiger partial charge >= 0.3 is 0 Å². The van der Waals surface area contributed by atoms with Crippen LogP contribution in [0.5, 0.6) is 5.75 Å². The Bertz CT molecular complexity index is 3460. The molecule has 3 heterocycles. The first kappa shape index (κ1) is 61.8. The van der Waals surface area contributed by atoms with Gasteiger partial charge in [-0.2, -0.15) is 0 Å². The van der Waals surface area contributed by atoms with Crippen LogP contribution in [0.4, 0.5) is 5.69 Å². The van der Waals surface area contributed by atoms with Crippen molar-refractivity contribution in [2.24, 2.45) is 0 Å². The van der Waals surface area contributed by atoms with E-state index < -0.39 is 37.3 Å². The highest BCUT2D eigenvalue weighted by Gasteiger charge is 2.46. The van der Waals surface area contributed by atoms with E-state index in [4.69, 9.17) is 9.47 Å². The molecule has 6 aromatic carbocycles. The third-order valence-corrected chi connectivity index (χ3v) is 17.1. The number of ether oxygens (including phenoxy) is 2. The van der Waals surface area contributed by atoms with Crippen LogP contribution in [0.2, 0.25) is 0 Å². The Morgan fingerprint density at radius 3 is 2.07 bits per heavy atom. The van der Waals surface area contributed by atoms with E-state index in [1.54, 1.807) is 43.3 Å². The number of allylic oxidation sites excluding steroid dienone is 6. The first-order valence-corrected chi connectivity index (χ1v) is 29.2. The average molecular weight is 1130 g/mol. The van der Waals surface area contributed by atoms with Gasteiger partial charge in [-0.15, -0.1) is 0 Å². The maximum absolute atomic E-state index is 13.5. The monoisotopic (exact) mass is 1130 g/mol. The van der Waals surface area contributed by atoms with Gasteiger partial charge < -0.3 is 45.4 Å². The van der Waals surface area contributed by atoms with Crippen molar-refractivity contribution in [3.05, 3.63) is 179 Å². The van der Waals surface area contributed by atoms with Crippen LogP contribution in [-0.2, 0) is 20.5 Å². The Kier molecular flexibility index (Phi) is 20.1. The number of benzene rings is 6. The fourth-order valence-corrected chi connectivity index (χ4v) is 12.2. The number of aliphatic hydroxyl groups excluding tert-OH is 4. The number of nitrogens with one attached hydrogen (secondary N) is 2. The number of nitrogens with zero attached hydrogens (tertiary/aromatic N) is 2. The van der Waals surface area contributed by atoms with Crippen LogP contribution >= 0.6 is 0 Å². The van der Waals surface area contributed by atoms with Crippen molar-refractivity contribution in [2.75, 3.05) is 38.7 Å². The standard InChI is InChI=1S/C69H80N4O9.CH4/c1-44-39-47(33-36-57(44)81-67-64(78)63(77)62(76)58(43-74)82-67)48-40-49(65(79)70-6)42-50(41-48)66(80)71-37-21-10-8-9-13-25-51(75)26-14-12-22-38-73-59(68(2,3)55-35-32-46-24-18-20-28-53(46)61(55)73)30-16-11-15-29-56-54-34-31-45-23-17-19-27-52(45)60(54)69(4,5)72(56)7;/h11,15-20,23-24,27-36,39-42,58,62-64,67,74,76-78H,8-10,12-14,21-22,25-26,37-38,43H2,1-7H3,(H-,70,71,79,80);1H4/p+1.